The van der Waals surface area contributed by atoms with Crippen LogP contribution in [0.25, 0.3) is 0 Å². The standard InChI is InChI=1S/C15H23NO2/c1-3-12-4-6-13(7-5-12)15(16-2)11-18-14-8-9-17-10-14/h4-7,14-16H,3,8-11H2,1-2H3. The van der Waals surface area contributed by atoms with Gasteiger partial charge >= 0.3 is 0 Å². The van der Waals surface area contributed by atoms with Crippen molar-refractivity contribution < 1.29 is 9.47 Å². The Morgan fingerprint density at radius 3 is 2.72 bits per heavy atom. The van der Waals surface area contributed by atoms with E-state index in [9.17, 15) is 0 Å². The Morgan fingerprint density at radius 1 is 1.39 bits per heavy atom. The maximum Gasteiger partial charge on any atom is 0.0831 e. The van der Waals surface area contributed by atoms with E-state index in [0.717, 1.165) is 26.1 Å². The zero-order valence-corrected chi connectivity index (χ0v) is 11.3. The molecule has 1 N–H and O–H groups in total. The van der Waals surface area contributed by atoms with E-state index in [1.54, 1.807) is 0 Å². The molecule has 1 heterocycles. The van der Waals surface area contributed by atoms with Crippen molar-refractivity contribution >= 4 is 0 Å². The van der Waals surface area contributed by atoms with Crippen LogP contribution in [0.3, 0.4) is 0 Å². The summed E-state index contributed by atoms with van der Waals surface area (Å²) in [4.78, 5) is 0. The van der Waals surface area contributed by atoms with Crippen LogP contribution in [0.2, 0.25) is 0 Å². The Kier molecular flexibility index (Phi) is 5.17. The Hall–Kier alpha value is -0.900. The first-order chi connectivity index (χ1) is 8.83. The summed E-state index contributed by atoms with van der Waals surface area (Å²) in [6.45, 7) is 4.45. The topological polar surface area (TPSA) is 30.5 Å². The Labute approximate surface area is 109 Å². The van der Waals surface area contributed by atoms with Crippen LogP contribution in [0.5, 0.6) is 0 Å². The molecular formula is C15H23NO2. The summed E-state index contributed by atoms with van der Waals surface area (Å²) in [6, 6.07) is 9.02. The van der Waals surface area contributed by atoms with Crippen LogP contribution in [0, 0.1) is 0 Å². The molecule has 1 aromatic rings. The van der Waals surface area contributed by atoms with Crippen LogP contribution in [0.4, 0.5) is 0 Å². The average molecular weight is 249 g/mol. The molecule has 0 saturated carbocycles. The van der Waals surface area contributed by atoms with Gasteiger partial charge < -0.3 is 14.8 Å². The molecule has 1 saturated heterocycles. The molecule has 0 bridgehead atoms. The number of nitrogens with one attached hydrogen (secondary N) is 1. The van der Waals surface area contributed by atoms with Crippen LogP contribution >= 0.6 is 0 Å². The van der Waals surface area contributed by atoms with Crippen LogP contribution in [-0.4, -0.2) is 33.0 Å². The Morgan fingerprint density at radius 2 is 2.17 bits per heavy atom. The van der Waals surface area contributed by atoms with Gasteiger partial charge in [-0.3, -0.25) is 0 Å². The van der Waals surface area contributed by atoms with Gasteiger partial charge in [0, 0.05) is 6.61 Å². The summed E-state index contributed by atoms with van der Waals surface area (Å²) < 4.78 is 11.2. The lowest BCUT2D eigenvalue weighted by Crippen LogP contribution is -2.25. The predicted molar refractivity (Wildman–Crippen MR) is 72.8 cm³/mol. The van der Waals surface area contributed by atoms with Crippen molar-refractivity contribution in [2.75, 3.05) is 26.9 Å². The third-order valence-electron chi connectivity index (χ3n) is 3.53. The maximum absolute atomic E-state index is 5.88. The van der Waals surface area contributed by atoms with E-state index in [1.807, 2.05) is 7.05 Å². The molecule has 1 aliphatic heterocycles. The van der Waals surface area contributed by atoms with Crippen molar-refractivity contribution in [2.45, 2.75) is 31.9 Å². The van der Waals surface area contributed by atoms with Crippen molar-refractivity contribution in [1.82, 2.24) is 5.32 Å². The molecule has 3 heteroatoms. The second-order valence-electron chi connectivity index (χ2n) is 4.76. The lowest BCUT2D eigenvalue weighted by molar-refractivity contribution is 0.0308. The van der Waals surface area contributed by atoms with E-state index in [1.165, 1.54) is 11.1 Å². The SMILES string of the molecule is CCc1ccc(C(COC2CCOC2)NC)cc1. The van der Waals surface area contributed by atoms with E-state index < -0.39 is 0 Å². The monoisotopic (exact) mass is 249 g/mol. The molecule has 2 rings (SSSR count). The molecular weight excluding hydrogens is 226 g/mol. The van der Waals surface area contributed by atoms with Crippen LogP contribution in [0.15, 0.2) is 24.3 Å². The molecule has 0 spiro atoms. The third kappa shape index (κ3) is 3.55. The van der Waals surface area contributed by atoms with E-state index in [2.05, 4.69) is 36.5 Å². The van der Waals surface area contributed by atoms with Crippen molar-refractivity contribution in [2.24, 2.45) is 0 Å². The van der Waals surface area contributed by atoms with Gasteiger partial charge in [0.25, 0.3) is 0 Å². The summed E-state index contributed by atoms with van der Waals surface area (Å²) in [5, 5.41) is 3.31. The normalized spacial score (nSPS) is 21.1. The highest BCUT2D eigenvalue weighted by Crippen LogP contribution is 2.17. The summed E-state index contributed by atoms with van der Waals surface area (Å²) in [7, 11) is 1.98. The van der Waals surface area contributed by atoms with Crippen molar-refractivity contribution in [3.05, 3.63) is 35.4 Å². The molecule has 1 aliphatic rings. The number of aryl methyl sites for hydroxylation is 1. The molecule has 2 unspecified atom stereocenters. The van der Waals surface area contributed by atoms with E-state index >= 15 is 0 Å². The number of ether oxygens (including phenoxy) is 2. The van der Waals surface area contributed by atoms with E-state index in [0.29, 0.717) is 6.61 Å². The predicted octanol–water partition coefficient (Wildman–Crippen LogP) is 2.32. The highest BCUT2D eigenvalue weighted by atomic mass is 16.5. The fourth-order valence-electron chi connectivity index (χ4n) is 2.21. The summed E-state index contributed by atoms with van der Waals surface area (Å²) in [5.41, 5.74) is 2.66. The van der Waals surface area contributed by atoms with Crippen LogP contribution < -0.4 is 5.32 Å². The number of rotatable bonds is 6. The number of benzene rings is 1. The second kappa shape index (κ2) is 6.88. The van der Waals surface area contributed by atoms with Gasteiger partial charge in [-0.05, 0) is 31.0 Å². The van der Waals surface area contributed by atoms with E-state index in [4.69, 9.17) is 9.47 Å². The molecule has 0 aliphatic carbocycles. The van der Waals surface area contributed by atoms with Gasteiger partial charge in [-0.25, -0.2) is 0 Å². The summed E-state index contributed by atoms with van der Waals surface area (Å²) in [6.07, 6.45) is 2.38. The summed E-state index contributed by atoms with van der Waals surface area (Å²) >= 11 is 0. The quantitative estimate of drug-likeness (QED) is 0.839. The Balaban J connectivity index is 1.89. The number of likely N-dealkylation sites (N-methyl/N-ethyl adjacent to an activating group) is 1. The fourth-order valence-corrected chi connectivity index (χ4v) is 2.21. The van der Waals surface area contributed by atoms with Crippen molar-refractivity contribution in [3.63, 3.8) is 0 Å². The Bertz CT molecular complexity index is 344. The first-order valence-electron chi connectivity index (χ1n) is 6.79. The van der Waals surface area contributed by atoms with Crippen LogP contribution in [0.1, 0.15) is 30.5 Å². The molecule has 18 heavy (non-hydrogen) atoms. The molecule has 0 aromatic heterocycles. The van der Waals surface area contributed by atoms with Gasteiger partial charge in [-0.1, -0.05) is 31.2 Å². The fraction of sp³-hybridized carbons (Fsp3) is 0.600. The van der Waals surface area contributed by atoms with Crippen molar-refractivity contribution in [1.29, 1.82) is 0 Å². The third-order valence-corrected chi connectivity index (χ3v) is 3.53. The first kappa shape index (κ1) is 13.5. The molecule has 1 fully saturated rings. The smallest absolute Gasteiger partial charge is 0.0831 e. The van der Waals surface area contributed by atoms with E-state index in [-0.39, 0.29) is 12.1 Å². The first-order valence-corrected chi connectivity index (χ1v) is 6.79. The minimum absolute atomic E-state index is 0.261. The highest BCUT2D eigenvalue weighted by molar-refractivity contribution is 5.25. The molecule has 1 aromatic carbocycles. The zero-order chi connectivity index (χ0) is 12.8. The van der Waals surface area contributed by atoms with Crippen LogP contribution in [-0.2, 0) is 15.9 Å². The van der Waals surface area contributed by atoms with Gasteiger partial charge in [-0.2, -0.15) is 0 Å². The van der Waals surface area contributed by atoms with Crippen molar-refractivity contribution in [3.8, 4) is 0 Å². The molecule has 0 amide bonds. The van der Waals surface area contributed by atoms with Gasteiger partial charge in [0.15, 0.2) is 0 Å². The van der Waals surface area contributed by atoms with Gasteiger partial charge in [0.2, 0.25) is 0 Å². The second-order valence-corrected chi connectivity index (χ2v) is 4.76. The summed E-state index contributed by atoms with van der Waals surface area (Å²) in [5.74, 6) is 0. The van der Waals surface area contributed by atoms with Gasteiger partial charge in [0.1, 0.15) is 0 Å². The maximum atomic E-state index is 5.88. The van der Waals surface area contributed by atoms with Gasteiger partial charge in [-0.15, -0.1) is 0 Å². The number of hydrogen-bond acceptors (Lipinski definition) is 3. The zero-order valence-electron chi connectivity index (χ0n) is 11.3. The molecule has 0 radical (unpaired) electrons. The number of hydrogen-bond donors (Lipinski definition) is 1. The molecule has 3 nitrogen and oxygen atoms in total. The minimum Gasteiger partial charge on any atom is -0.379 e. The van der Waals surface area contributed by atoms with Gasteiger partial charge in [0.05, 0.1) is 25.4 Å². The molecule has 2 atom stereocenters. The minimum atomic E-state index is 0.261. The highest BCUT2D eigenvalue weighted by Gasteiger charge is 2.18. The molecule has 100 valence electrons. The largest absolute Gasteiger partial charge is 0.379 e. The average Bonchev–Trinajstić information content (AvgIpc) is 2.93. The lowest BCUT2D eigenvalue weighted by Gasteiger charge is -2.19. The lowest BCUT2D eigenvalue weighted by atomic mass is 10.0.